The zero-order valence-electron chi connectivity index (χ0n) is 16.6. The van der Waals surface area contributed by atoms with Gasteiger partial charge in [0.05, 0.1) is 25.6 Å². The van der Waals surface area contributed by atoms with Gasteiger partial charge in [0, 0.05) is 0 Å². The van der Waals surface area contributed by atoms with Crippen LogP contribution in [0, 0.1) is 17.8 Å². The molecule has 2 atom stereocenters. The van der Waals surface area contributed by atoms with Gasteiger partial charge in [-0.05, 0) is 25.2 Å². The Labute approximate surface area is 154 Å². The lowest BCUT2D eigenvalue weighted by Crippen LogP contribution is -2.34. The number of ether oxygens (including phenoxy) is 2. The van der Waals surface area contributed by atoms with E-state index < -0.39 is 0 Å². The molecule has 1 rings (SSSR count). The molecule has 0 aromatic heterocycles. The quantitative estimate of drug-likeness (QED) is 0.353. The van der Waals surface area contributed by atoms with Gasteiger partial charge in [-0.25, -0.2) is 0 Å². The van der Waals surface area contributed by atoms with Gasteiger partial charge in [0.25, 0.3) is 0 Å². The Morgan fingerprint density at radius 1 is 0.840 bits per heavy atom. The molecule has 4 heteroatoms. The molecule has 0 aromatic carbocycles. The van der Waals surface area contributed by atoms with Gasteiger partial charge in [0.2, 0.25) is 0 Å². The van der Waals surface area contributed by atoms with Gasteiger partial charge >= 0.3 is 11.9 Å². The minimum atomic E-state index is -0.308. The number of carbonyl (C=O) groups excluding carboxylic acids is 2. The molecule has 0 aliphatic heterocycles. The predicted molar refractivity (Wildman–Crippen MR) is 100 cm³/mol. The summed E-state index contributed by atoms with van der Waals surface area (Å²) in [6.45, 7) is 5.04. The minimum absolute atomic E-state index is 0.205. The molecule has 25 heavy (non-hydrogen) atoms. The van der Waals surface area contributed by atoms with Crippen molar-refractivity contribution in [2.24, 2.45) is 17.8 Å². The third-order valence-electron chi connectivity index (χ3n) is 5.24. The standard InChI is InChI=1S/C21H38O4/c1-17(2)13-9-7-5-4-6-8-12-16-25-21(23)19-15-11-10-14-18(19)20(22)24-3/h17-19H,4-16H2,1-3H3. The maximum atomic E-state index is 12.3. The first-order valence-corrected chi connectivity index (χ1v) is 10.3. The Morgan fingerprint density at radius 2 is 1.36 bits per heavy atom. The monoisotopic (exact) mass is 354 g/mol. The van der Waals surface area contributed by atoms with Crippen LogP contribution in [0.15, 0.2) is 0 Å². The summed E-state index contributed by atoms with van der Waals surface area (Å²) in [4.78, 5) is 24.1. The van der Waals surface area contributed by atoms with Crippen LogP contribution in [0.2, 0.25) is 0 Å². The largest absolute Gasteiger partial charge is 0.469 e. The van der Waals surface area contributed by atoms with E-state index in [0.717, 1.165) is 44.4 Å². The second-order valence-electron chi connectivity index (χ2n) is 7.85. The van der Waals surface area contributed by atoms with E-state index in [1.54, 1.807) is 0 Å². The number of unbranched alkanes of at least 4 members (excludes halogenated alkanes) is 6. The Morgan fingerprint density at radius 3 is 1.92 bits per heavy atom. The van der Waals surface area contributed by atoms with Crippen molar-refractivity contribution < 1.29 is 19.1 Å². The van der Waals surface area contributed by atoms with Crippen LogP contribution in [-0.4, -0.2) is 25.7 Å². The summed E-state index contributed by atoms with van der Waals surface area (Å²) < 4.78 is 10.3. The lowest BCUT2D eigenvalue weighted by Gasteiger charge is -2.27. The predicted octanol–water partition coefficient (Wildman–Crippen LogP) is 5.29. The second kappa shape index (κ2) is 13.2. The SMILES string of the molecule is COC(=O)C1CCCCC1C(=O)OCCCCCCCCCC(C)C. The molecule has 0 radical (unpaired) electrons. The number of hydrogen-bond acceptors (Lipinski definition) is 4. The van der Waals surface area contributed by atoms with E-state index in [-0.39, 0.29) is 23.8 Å². The number of hydrogen-bond donors (Lipinski definition) is 0. The van der Waals surface area contributed by atoms with Crippen LogP contribution < -0.4 is 0 Å². The normalized spacial score (nSPS) is 20.5. The second-order valence-corrected chi connectivity index (χ2v) is 7.85. The van der Waals surface area contributed by atoms with Crippen molar-refractivity contribution in [3.63, 3.8) is 0 Å². The lowest BCUT2D eigenvalue weighted by molar-refractivity contribution is -0.161. The molecular formula is C21H38O4. The Balaban J connectivity index is 2.07. The minimum Gasteiger partial charge on any atom is -0.469 e. The average Bonchev–Trinajstić information content (AvgIpc) is 2.62. The molecule has 146 valence electrons. The van der Waals surface area contributed by atoms with Crippen LogP contribution in [0.3, 0.4) is 0 Å². The van der Waals surface area contributed by atoms with Crippen molar-refractivity contribution in [1.29, 1.82) is 0 Å². The maximum absolute atomic E-state index is 12.3. The third-order valence-corrected chi connectivity index (χ3v) is 5.24. The van der Waals surface area contributed by atoms with Gasteiger partial charge in [0.1, 0.15) is 0 Å². The Kier molecular flexibility index (Phi) is 11.6. The molecule has 1 aliphatic rings. The van der Waals surface area contributed by atoms with Crippen molar-refractivity contribution in [2.75, 3.05) is 13.7 Å². The first kappa shape index (κ1) is 22.0. The molecular weight excluding hydrogens is 316 g/mol. The van der Waals surface area contributed by atoms with Crippen LogP contribution in [0.1, 0.15) is 90.9 Å². The molecule has 0 saturated heterocycles. The highest BCUT2D eigenvalue weighted by Gasteiger charge is 2.37. The lowest BCUT2D eigenvalue weighted by atomic mass is 9.79. The summed E-state index contributed by atoms with van der Waals surface area (Å²) in [5.74, 6) is -0.264. The van der Waals surface area contributed by atoms with Gasteiger partial charge in [-0.3, -0.25) is 9.59 Å². The smallest absolute Gasteiger partial charge is 0.309 e. The van der Waals surface area contributed by atoms with Gasteiger partial charge in [-0.1, -0.05) is 71.6 Å². The Hall–Kier alpha value is -1.06. The highest BCUT2D eigenvalue weighted by molar-refractivity contribution is 5.82. The molecule has 1 aliphatic carbocycles. The van der Waals surface area contributed by atoms with E-state index in [1.807, 2.05) is 0 Å². The zero-order valence-corrected chi connectivity index (χ0v) is 16.6. The first-order chi connectivity index (χ1) is 12.1. The maximum Gasteiger partial charge on any atom is 0.309 e. The van der Waals surface area contributed by atoms with Crippen LogP contribution in [-0.2, 0) is 19.1 Å². The van der Waals surface area contributed by atoms with E-state index in [9.17, 15) is 9.59 Å². The molecule has 1 saturated carbocycles. The molecule has 2 unspecified atom stereocenters. The average molecular weight is 355 g/mol. The van der Waals surface area contributed by atoms with Gasteiger partial charge in [-0.15, -0.1) is 0 Å². The molecule has 4 nitrogen and oxygen atoms in total. The first-order valence-electron chi connectivity index (χ1n) is 10.3. The van der Waals surface area contributed by atoms with Crippen molar-refractivity contribution in [3.05, 3.63) is 0 Å². The summed E-state index contributed by atoms with van der Waals surface area (Å²) in [6, 6.07) is 0. The summed E-state index contributed by atoms with van der Waals surface area (Å²) in [5.41, 5.74) is 0. The van der Waals surface area contributed by atoms with E-state index in [0.29, 0.717) is 6.61 Å². The summed E-state index contributed by atoms with van der Waals surface area (Å²) in [6.07, 6.45) is 13.3. The molecule has 0 N–H and O–H groups in total. The number of carbonyl (C=O) groups is 2. The topological polar surface area (TPSA) is 52.6 Å². The molecule has 0 aromatic rings. The fourth-order valence-corrected chi connectivity index (χ4v) is 3.66. The van der Waals surface area contributed by atoms with Crippen molar-refractivity contribution in [3.8, 4) is 0 Å². The number of esters is 2. The van der Waals surface area contributed by atoms with E-state index in [2.05, 4.69) is 13.8 Å². The highest BCUT2D eigenvalue weighted by Crippen LogP contribution is 2.32. The molecule has 1 fully saturated rings. The van der Waals surface area contributed by atoms with E-state index in [4.69, 9.17) is 9.47 Å². The summed E-state index contributed by atoms with van der Waals surface area (Å²) in [5, 5.41) is 0. The fraction of sp³-hybridized carbons (Fsp3) is 0.905. The van der Waals surface area contributed by atoms with Crippen molar-refractivity contribution in [2.45, 2.75) is 90.9 Å². The van der Waals surface area contributed by atoms with Gasteiger partial charge in [0.15, 0.2) is 0 Å². The van der Waals surface area contributed by atoms with Crippen LogP contribution in [0.4, 0.5) is 0 Å². The van der Waals surface area contributed by atoms with E-state index in [1.165, 1.54) is 45.6 Å². The molecule has 0 heterocycles. The van der Waals surface area contributed by atoms with Crippen LogP contribution >= 0.6 is 0 Å². The number of methoxy groups -OCH3 is 1. The van der Waals surface area contributed by atoms with Crippen LogP contribution in [0.5, 0.6) is 0 Å². The summed E-state index contributed by atoms with van der Waals surface area (Å²) in [7, 11) is 1.39. The van der Waals surface area contributed by atoms with Gasteiger partial charge in [-0.2, -0.15) is 0 Å². The van der Waals surface area contributed by atoms with Crippen LogP contribution in [0.25, 0.3) is 0 Å². The third kappa shape index (κ3) is 9.27. The fourth-order valence-electron chi connectivity index (χ4n) is 3.66. The van der Waals surface area contributed by atoms with Crippen molar-refractivity contribution >= 4 is 11.9 Å². The molecule has 0 amide bonds. The number of rotatable bonds is 12. The molecule has 0 bridgehead atoms. The Bertz CT molecular complexity index is 378. The van der Waals surface area contributed by atoms with Crippen molar-refractivity contribution in [1.82, 2.24) is 0 Å². The highest BCUT2D eigenvalue weighted by atomic mass is 16.5. The molecule has 0 spiro atoms. The zero-order chi connectivity index (χ0) is 18.5. The van der Waals surface area contributed by atoms with Gasteiger partial charge < -0.3 is 9.47 Å². The summed E-state index contributed by atoms with van der Waals surface area (Å²) >= 11 is 0. The van der Waals surface area contributed by atoms with E-state index >= 15 is 0 Å².